The van der Waals surface area contributed by atoms with Gasteiger partial charge in [0.05, 0.1) is 19.9 Å². The van der Waals surface area contributed by atoms with Gasteiger partial charge < -0.3 is 13.6 Å². The molecule has 0 aromatic carbocycles. The first-order valence-corrected chi connectivity index (χ1v) is 7.54. The number of carbonyl (C=O) groups is 1. The van der Waals surface area contributed by atoms with Crippen LogP contribution in [-0.2, 0) is 16.1 Å². The van der Waals surface area contributed by atoms with E-state index in [1.807, 2.05) is 18.7 Å². The van der Waals surface area contributed by atoms with Crippen molar-refractivity contribution in [2.45, 2.75) is 39.8 Å². The molecule has 0 aliphatic heterocycles. The highest BCUT2D eigenvalue weighted by Crippen LogP contribution is 2.23. The van der Waals surface area contributed by atoms with Gasteiger partial charge in [-0.05, 0) is 31.9 Å². The second-order valence-corrected chi connectivity index (χ2v) is 6.30. The SMILES string of the molecule is COC(=O)C(C)(C)N(Cc1nnc(-c2ccco2)o1)CC(C)C. The van der Waals surface area contributed by atoms with Crippen LogP contribution < -0.4 is 0 Å². The van der Waals surface area contributed by atoms with E-state index in [1.165, 1.54) is 7.11 Å². The molecule has 0 atom stereocenters. The normalized spacial score (nSPS) is 12.1. The van der Waals surface area contributed by atoms with Crippen LogP contribution in [0.3, 0.4) is 0 Å². The molecule has 0 amide bonds. The zero-order valence-corrected chi connectivity index (χ0v) is 14.2. The third-order valence-electron chi connectivity index (χ3n) is 3.59. The largest absolute Gasteiger partial charge is 0.468 e. The van der Waals surface area contributed by atoms with Gasteiger partial charge in [-0.25, -0.2) is 0 Å². The average Bonchev–Trinajstić information content (AvgIpc) is 3.15. The second kappa shape index (κ2) is 6.95. The number of rotatable bonds is 7. The van der Waals surface area contributed by atoms with Crippen LogP contribution in [0.4, 0.5) is 0 Å². The number of hydrogen-bond acceptors (Lipinski definition) is 7. The summed E-state index contributed by atoms with van der Waals surface area (Å²) in [6.07, 6.45) is 1.55. The summed E-state index contributed by atoms with van der Waals surface area (Å²) < 4.78 is 15.8. The maximum absolute atomic E-state index is 12.1. The minimum Gasteiger partial charge on any atom is -0.468 e. The van der Waals surface area contributed by atoms with Gasteiger partial charge in [-0.1, -0.05) is 13.8 Å². The minimum atomic E-state index is -0.793. The first-order valence-electron chi connectivity index (χ1n) is 7.54. The molecule has 0 spiro atoms. The summed E-state index contributed by atoms with van der Waals surface area (Å²) in [4.78, 5) is 14.1. The van der Waals surface area contributed by atoms with E-state index in [-0.39, 0.29) is 5.97 Å². The van der Waals surface area contributed by atoms with Crippen molar-refractivity contribution in [3.63, 3.8) is 0 Å². The molecule has 0 unspecified atom stereocenters. The number of hydrogen-bond donors (Lipinski definition) is 0. The van der Waals surface area contributed by atoms with Gasteiger partial charge in [0.15, 0.2) is 5.76 Å². The Labute approximate surface area is 135 Å². The third-order valence-corrected chi connectivity index (χ3v) is 3.59. The van der Waals surface area contributed by atoms with Gasteiger partial charge >= 0.3 is 5.97 Å². The third kappa shape index (κ3) is 3.98. The molecule has 0 saturated heterocycles. The lowest BCUT2D eigenvalue weighted by molar-refractivity contribution is -0.154. The lowest BCUT2D eigenvalue weighted by atomic mass is 10.0. The van der Waals surface area contributed by atoms with Gasteiger partial charge in [-0.2, -0.15) is 0 Å². The van der Waals surface area contributed by atoms with E-state index in [0.29, 0.717) is 36.5 Å². The second-order valence-electron chi connectivity index (χ2n) is 6.30. The molecule has 7 nitrogen and oxygen atoms in total. The van der Waals surface area contributed by atoms with Gasteiger partial charge in [-0.15, -0.1) is 10.2 Å². The molecule has 0 saturated carbocycles. The molecular formula is C16H23N3O4. The predicted octanol–water partition coefficient (Wildman–Crippen LogP) is 2.74. The predicted molar refractivity (Wildman–Crippen MR) is 83.3 cm³/mol. The number of carbonyl (C=O) groups excluding carboxylic acids is 1. The summed E-state index contributed by atoms with van der Waals surface area (Å²) in [5, 5.41) is 8.03. The van der Waals surface area contributed by atoms with Gasteiger partial charge in [0.25, 0.3) is 5.89 Å². The highest BCUT2D eigenvalue weighted by Gasteiger charge is 2.37. The fourth-order valence-corrected chi connectivity index (χ4v) is 2.29. The average molecular weight is 321 g/mol. The number of esters is 1. The Morgan fingerprint density at radius 1 is 1.39 bits per heavy atom. The van der Waals surface area contributed by atoms with Crippen molar-refractivity contribution < 1.29 is 18.4 Å². The van der Waals surface area contributed by atoms with Crippen molar-refractivity contribution in [1.82, 2.24) is 15.1 Å². The molecule has 0 bridgehead atoms. The van der Waals surface area contributed by atoms with Crippen molar-refractivity contribution in [3.05, 3.63) is 24.3 Å². The lowest BCUT2D eigenvalue weighted by Gasteiger charge is -2.36. The van der Waals surface area contributed by atoms with Crippen molar-refractivity contribution in [3.8, 4) is 11.7 Å². The van der Waals surface area contributed by atoms with Crippen LogP contribution in [0.2, 0.25) is 0 Å². The zero-order chi connectivity index (χ0) is 17.0. The van der Waals surface area contributed by atoms with E-state index in [4.69, 9.17) is 13.6 Å². The van der Waals surface area contributed by atoms with E-state index in [9.17, 15) is 4.79 Å². The van der Waals surface area contributed by atoms with Crippen LogP contribution in [0, 0.1) is 5.92 Å². The first-order chi connectivity index (χ1) is 10.8. The molecule has 0 aliphatic rings. The Bertz CT molecular complexity index is 632. The summed E-state index contributed by atoms with van der Waals surface area (Å²) in [5.41, 5.74) is -0.793. The Kier molecular flexibility index (Phi) is 5.20. The van der Waals surface area contributed by atoms with Gasteiger partial charge in [0.2, 0.25) is 5.89 Å². The molecule has 7 heteroatoms. The topological polar surface area (TPSA) is 81.6 Å². The highest BCUT2D eigenvalue weighted by molar-refractivity contribution is 5.79. The number of aromatic nitrogens is 2. The number of furan rings is 1. The Morgan fingerprint density at radius 3 is 2.70 bits per heavy atom. The maximum atomic E-state index is 12.1. The Morgan fingerprint density at radius 2 is 2.13 bits per heavy atom. The molecule has 126 valence electrons. The van der Waals surface area contributed by atoms with Gasteiger partial charge in [-0.3, -0.25) is 9.69 Å². The Hall–Kier alpha value is -2.15. The monoisotopic (exact) mass is 321 g/mol. The minimum absolute atomic E-state index is 0.302. The molecule has 2 heterocycles. The summed E-state index contributed by atoms with van der Waals surface area (Å²) in [5.74, 6) is 1.33. The number of ether oxygens (including phenoxy) is 1. The van der Waals surface area contributed by atoms with Crippen LogP contribution in [0.25, 0.3) is 11.7 Å². The van der Waals surface area contributed by atoms with Crippen LogP contribution in [0.5, 0.6) is 0 Å². The molecule has 2 aromatic heterocycles. The molecule has 2 aromatic rings. The zero-order valence-electron chi connectivity index (χ0n) is 14.2. The summed E-state index contributed by atoms with van der Waals surface area (Å²) in [6.45, 7) is 8.87. The van der Waals surface area contributed by atoms with E-state index in [0.717, 1.165) is 0 Å². The molecule has 2 rings (SSSR count). The van der Waals surface area contributed by atoms with Crippen LogP contribution in [-0.4, -0.2) is 40.3 Å². The first kappa shape index (κ1) is 17.2. The van der Waals surface area contributed by atoms with E-state index >= 15 is 0 Å². The van der Waals surface area contributed by atoms with Crippen LogP contribution in [0.1, 0.15) is 33.6 Å². The van der Waals surface area contributed by atoms with E-state index in [1.54, 1.807) is 18.4 Å². The van der Waals surface area contributed by atoms with Crippen molar-refractivity contribution in [2.75, 3.05) is 13.7 Å². The summed E-state index contributed by atoms with van der Waals surface area (Å²) in [6, 6.07) is 3.51. The molecule has 23 heavy (non-hydrogen) atoms. The smallest absolute Gasteiger partial charge is 0.325 e. The fourth-order valence-electron chi connectivity index (χ4n) is 2.29. The molecule has 0 N–H and O–H groups in total. The maximum Gasteiger partial charge on any atom is 0.325 e. The van der Waals surface area contributed by atoms with E-state index < -0.39 is 5.54 Å². The highest BCUT2D eigenvalue weighted by atomic mass is 16.5. The van der Waals surface area contributed by atoms with Gasteiger partial charge in [0.1, 0.15) is 5.54 Å². The molecule has 0 aliphatic carbocycles. The quantitative estimate of drug-likeness (QED) is 0.725. The molecule has 0 radical (unpaired) electrons. The van der Waals surface area contributed by atoms with Crippen molar-refractivity contribution in [2.24, 2.45) is 5.92 Å². The molecule has 0 fully saturated rings. The van der Waals surface area contributed by atoms with Crippen molar-refractivity contribution in [1.29, 1.82) is 0 Å². The number of methoxy groups -OCH3 is 1. The Balaban J connectivity index is 2.19. The van der Waals surface area contributed by atoms with Crippen LogP contribution in [0.15, 0.2) is 27.2 Å². The van der Waals surface area contributed by atoms with E-state index in [2.05, 4.69) is 24.0 Å². The molecular weight excluding hydrogens is 298 g/mol. The summed E-state index contributed by atoms with van der Waals surface area (Å²) in [7, 11) is 1.39. The van der Waals surface area contributed by atoms with Crippen molar-refractivity contribution >= 4 is 5.97 Å². The fraction of sp³-hybridized carbons (Fsp3) is 0.562. The lowest BCUT2D eigenvalue weighted by Crippen LogP contribution is -2.51. The summed E-state index contributed by atoms with van der Waals surface area (Å²) >= 11 is 0. The van der Waals surface area contributed by atoms with Gasteiger partial charge in [0, 0.05) is 6.54 Å². The standard InChI is InChI=1S/C16H23N3O4/c1-11(2)9-19(16(3,4)15(20)21-5)10-13-17-18-14(23-13)12-7-6-8-22-12/h6-8,11H,9-10H2,1-5H3. The number of nitrogens with zero attached hydrogens (tertiary/aromatic N) is 3. The van der Waals surface area contributed by atoms with Crippen LogP contribution >= 0.6 is 0 Å².